The van der Waals surface area contributed by atoms with Crippen molar-refractivity contribution in [3.05, 3.63) is 41.9 Å². The fourth-order valence-electron chi connectivity index (χ4n) is 2.94. The van der Waals surface area contributed by atoms with E-state index in [0.29, 0.717) is 11.3 Å². The van der Waals surface area contributed by atoms with Crippen LogP contribution in [0.25, 0.3) is 0 Å². The van der Waals surface area contributed by atoms with Crippen molar-refractivity contribution in [2.45, 2.75) is 12.3 Å². The third-order valence-corrected chi connectivity index (χ3v) is 5.27. The van der Waals surface area contributed by atoms with Crippen molar-refractivity contribution in [3.63, 3.8) is 0 Å². The summed E-state index contributed by atoms with van der Waals surface area (Å²) < 4.78 is 19.6. The Morgan fingerprint density at radius 3 is 2.75 bits per heavy atom. The minimum Gasteiger partial charge on any atom is -0.434 e. The van der Waals surface area contributed by atoms with Crippen molar-refractivity contribution in [2.24, 2.45) is 0 Å². The second-order valence-electron chi connectivity index (χ2n) is 5.85. The van der Waals surface area contributed by atoms with E-state index in [1.54, 1.807) is 18.2 Å². The van der Waals surface area contributed by atoms with E-state index in [1.165, 1.54) is 19.3 Å². The molecule has 3 rings (SSSR count). The molecule has 1 aromatic carbocycles. The average molecular weight is 350 g/mol. The number of anilines is 1. The van der Waals surface area contributed by atoms with Crippen LogP contribution in [0.5, 0.6) is 0 Å². The summed E-state index contributed by atoms with van der Waals surface area (Å²) >= 11 is 1.86. The fourth-order valence-corrected chi connectivity index (χ4v) is 3.84. The number of esters is 1. The average Bonchev–Trinajstić information content (AvgIpc) is 2.95. The minimum atomic E-state index is -1.18. The van der Waals surface area contributed by atoms with Crippen molar-refractivity contribution in [3.8, 4) is 0 Å². The molecule has 1 fully saturated rings. The first-order valence-corrected chi connectivity index (χ1v) is 8.94. The number of carbonyl (C=O) groups excluding carboxylic acids is 2. The van der Waals surface area contributed by atoms with Crippen LogP contribution in [-0.2, 0) is 19.7 Å². The molecule has 1 N–H and O–H groups in total. The van der Waals surface area contributed by atoms with Crippen LogP contribution in [0.4, 0.5) is 10.1 Å². The number of benzene rings is 1. The number of amides is 1. The molecule has 128 valence electrons. The molecule has 2 heterocycles. The van der Waals surface area contributed by atoms with Gasteiger partial charge in [0, 0.05) is 38.1 Å². The molecule has 1 saturated heterocycles. The molecule has 1 unspecified atom stereocenters. The lowest BCUT2D eigenvalue weighted by atomic mass is 9.81. The van der Waals surface area contributed by atoms with Gasteiger partial charge in [-0.2, -0.15) is 11.8 Å². The molecule has 2 aliphatic heterocycles. The van der Waals surface area contributed by atoms with Crippen molar-refractivity contribution < 1.29 is 18.7 Å². The number of hydrogen-bond acceptors (Lipinski definition) is 5. The number of rotatable bonds is 4. The van der Waals surface area contributed by atoms with E-state index in [1.807, 2.05) is 16.7 Å². The number of nitrogens with one attached hydrogen (secondary N) is 1. The zero-order chi connectivity index (χ0) is 17.2. The van der Waals surface area contributed by atoms with Crippen molar-refractivity contribution in [1.82, 2.24) is 5.32 Å². The normalized spacial score (nSPS) is 23.2. The second-order valence-corrected chi connectivity index (χ2v) is 7.08. The van der Waals surface area contributed by atoms with Gasteiger partial charge in [-0.1, -0.05) is 6.07 Å². The Hall–Kier alpha value is -2.02. The highest BCUT2D eigenvalue weighted by molar-refractivity contribution is 7.99. The molecule has 0 spiro atoms. The standard InChI is InChI=1S/C17H19FN2O3S/c1-12(21)19-11-17(4-7-23-16(17)22)13-2-3-15(14(18)10-13)20-5-8-24-9-6-20/h2-4,7,10H,5-6,8-9,11H2,1H3,(H,19,21). The Balaban J connectivity index is 1.91. The Bertz CT molecular complexity index is 688. The van der Waals surface area contributed by atoms with Gasteiger partial charge < -0.3 is 15.0 Å². The van der Waals surface area contributed by atoms with Crippen LogP contribution >= 0.6 is 11.8 Å². The molecule has 24 heavy (non-hydrogen) atoms. The zero-order valence-electron chi connectivity index (χ0n) is 13.4. The maximum atomic E-state index is 14.7. The SMILES string of the molecule is CC(=O)NCC1(c2ccc(N3CCSCC3)c(F)c2)C=COC1=O. The van der Waals surface area contributed by atoms with Gasteiger partial charge in [0.05, 0.1) is 11.9 Å². The Labute approximate surface area is 144 Å². The molecule has 0 aliphatic carbocycles. The van der Waals surface area contributed by atoms with E-state index in [2.05, 4.69) is 5.32 Å². The highest BCUT2D eigenvalue weighted by atomic mass is 32.2. The second kappa shape index (κ2) is 6.84. The van der Waals surface area contributed by atoms with E-state index < -0.39 is 11.4 Å². The van der Waals surface area contributed by atoms with Gasteiger partial charge in [0.15, 0.2) is 0 Å². The molecule has 0 radical (unpaired) electrons. The first-order chi connectivity index (χ1) is 11.5. The monoisotopic (exact) mass is 350 g/mol. The third kappa shape index (κ3) is 3.13. The van der Waals surface area contributed by atoms with E-state index in [9.17, 15) is 14.0 Å². The van der Waals surface area contributed by atoms with Gasteiger partial charge >= 0.3 is 5.97 Å². The third-order valence-electron chi connectivity index (χ3n) is 4.32. The van der Waals surface area contributed by atoms with E-state index in [4.69, 9.17) is 4.74 Å². The van der Waals surface area contributed by atoms with Gasteiger partial charge in [-0.3, -0.25) is 9.59 Å². The lowest BCUT2D eigenvalue weighted by Gasteiger charge is -2.30. The van der Waals surface area contributed by atoms with Gasteiger partial charge in [0.25, 0.3) is 0 Å². The quantitative estimate of drug-likeness (QED) is 0.840. The summed E-state index contributed by atoms with van der Waals surface area (Å²) in [6, 6.07) is 4.81. The molecule has 1 aromatic rings. The Morgan fingerprint density at radius 2 is 2.17 bits per heavy atom. The molecular formula is C17H19FN2O3S. The maximum absolute atomic E-state index is 14.7. The zero-order valence-corrected chi connectivity index (χ0v) is 14.2. The van der Waals surface area contributed by atoms with Gasteiger partial charge in [-0.25, -0.2) is 4.39 Å². The van der Waals surface area contributed by atoms with Crippen LogP contribution in [0.2, 0.25) is 0 Å². The van der Waals surface area contributed by atoms with Crippen LogP contribution in [0.1, 0.15) is 12.5 Å². The molecular weight excluding hydrogens is 331 g/mol. The Kier molecular flexibility index (Phi) is 4.80. The van der Waals surface area contributed by atoms with E-state index in [0.717, 1.165) is 24.6 Å². The predicted molar refractivity (Wildman–Crippen MR) is 91.5 cm³/mol. The van der Waals surface area contributed by atoms with Crippen LogP contribution in [0.15, 0.2) is 30.5 Å². The van der Waals surface area contributed by atoms with Crippen LogP contribution in [0.3, 0.4) is 0 Å². The highest BCUT2D eigenvalue weighted by Gasteiger charge is 2.43. The summed E-state index contributed by atoms with van der Waals surface area (Å²) in [4.78, 5) is 25.5. The first-order valence-electron chi connectivity index (χ1n) is 7.79. The van der Waals surface area contributed by atoms with Gasteiger partial charge in [0.1, 0.15) is 11.2 Å². The maximum Gasteiger partial charge on any atom is 0.327 e. The summed E-state index contributed by atoms with van der Waals surface area (Å²) in [5.41, 5.74) is -0.158. The highest BCUT2D eigenvalue weighted by Crippen LogP contribution is 2.34. The summed E-state index contributed by atoms with van der Waals surface area (Å²) in [5.74, 6) is 0.809. The largest absolute Gasteiger partial charge is 0.434 e. The fraction of sp³-hybridized carbons (Fsp3) is 0.412. The van der Waals surface area contributed by atoms with Gasteiger partial charge in [0.2, 0.25) is 5.91 Å². The number of hydrogen-bond donors (Lipinski definition) is 1. The summed E-state index contributed by atoms with van der Waals surface area (Å²) in [5, 5.41) is 2.63. The number of halogens is 1. The molecule has 0 bridgehead atoms. The topological polar surface area (TPSA) is 58.6 Å². The minimum absolute atomic E-state index is 0.0385. The van der Waals surface area contributed by atoms with Crippen molar-refractivity contribution in [2.75, 3.05) is 36.0 Å². The lowest BCUT2D eigenvalue weighted by Crippen LogP contribution is -2.43. The van der Waals surface area contributed by atoms with Crippen LogP contribution < -0.4 is 10.2 Å². The number of ether oxygens (including phenoxy) is 1. The summed E-state index contributed by atoms with van der Waals surface area (Å²) in [6.45, 7) is 3.02. The number of thioether (sulfide) groups is 1. The molecule has 0 aromatic heterocycles. The first kappa shape index (κ1) is 16.8. The smallest absolute Gasteiger partial charge is 0.327 e. The van der Waals surface area contributed by atoms with Crippen LogP contribution in [-0.4, -0.2) is 43.0 Å². The summed E-state index contributed by atoms with van der Waals surface area (Å²) in [7, 11) is 0. The van der Waals surface area contributed by atoms with Crippen molar-refractivity contribution >= 4 is 29.3 Å². The molecule has 0 saturated carbocycles. The van der Waals surface area contributed by atoms with Crippen LogP contribution in [0, 0.1) is 5.82 Å². The number of cyclic esters (lactones) is 1. The number of nitrogens with zero attached hydrogens (tertiary/aromatic N) is 1. The van der Waals surface area contributed by atoms with Crippen molar-refractivity contribution in [1.29, 1.82) is 0 Å². The van der Waals surface area contributed by atoms with Gasteiger partial charge in [-0.15, -0.1) is 0 Å². The molecule has 1 amide bonds. The number of carbonyl (C=O) groups is 2. The molecule has 1 atom stereocenters. The summed E-state index contributed by atoms with van der Waals surface area (Å²) in [6.07, 6.45) is 2.86. The van der Waals surface area contributed by atoms with E-state index >= 15 is 0 Å². The molecule has 2 aliphatic rings. The molecule has 5 nitrogen and oxygen atoms in total. The van der Waals surface area contributed by atoms with E-state index in [-0.39, 0.29) is 18.3 Å². The Morgan fingerprint density at radius 1 is 1.42 bits per heavy atom. The lowest BCUT2D eigenvalue weighted by molar-refractivity contribution is -0.140. The van der Waals surface area contributed by atoms with Gasteiger partial charge in [-0.05, 0) is 23.8 Å². The molecule has 7 heteroatoms. The predicted octanol–water partition coefficient (Wildman–Crippen LogP) is 1.82.